The zero-order chi connectivity index (χ0) is 16.7. The van der Waals surface area contributed by atoms with Crippen molar-refractivity contribution in [2.24, 2.45) is 0 Å². The first-order valence-electron chi connectivity index (χ1n) is 5.89. The van der Waals surface area contributed by atoms with Crippen LogP contribution in [-0.2, 0) is 13.8 Å². The minimum absolute atomic E-state index is 0.305. The van der Waals surface area contributed by atoms with Crippen LogP contribution in [0.25, 0.3) is 0 Å². The lowest BCUT2D eigenvalue weighted by Crippen LogP contribution is -2.33. The number of nitrogen functional groups attached to an aromatic ring is 1. The average Bonchev–Trinajstić information content (AvgIpc) is 2.90. The first-order chi connectivity index (χ1) is 10.1. The molecule has 1 fully saturated rings. The van der Waals surface area contributed by atoms with Crippen LogP contribution < -0.4 is 5.73 Å². The van der Waals surface area contributed by atoms with Crippen molar-refractivity contribution in [3.05, 3.63) is 12.0 Å². The molecule has 0 spiro atoms. The number of hydrogen-bond acceptors (Lipinski definition) is 8. The fraction of sp³-hybridized carbons (Fsp3) is 0.556. The number of phosphoric ester groups is 1. The number of aromatic carboxylic acids is 1. The molecular weight excluding hydrogens is 325 g/mol. The van der Waals surface area contributed by atoms with Crippen molar-refractivity contribution in [3.63, 3.8) is 0 Å². The summed E-state index contributed by atoms with van der Waals surface area (Å²) in [6.45, 7) is -0.681. The Balaban J connectivity index is 2.16. The molecule has 0 saturated carbocycles. The number of anilines is 1. The molecule has 12 nitrogen and oxygen atoms in total. The Kier molecular flexibility index (Phi) is 4.54. The molecule has 1 aliphatic heterocycles. The van der Waals surface area contributed by atoms with E-state index in [4.69, 9.17) is 25.4 Å². The molecule has 13 heteroatoms. The van der Waals surface area contributed by atoms with Crippen molar-refractivity contribution < 1.29 is 43.7 Å². The number of carboxylic acids is 1. The van der Waals surface area contributed by atoms with Crippen LogP contribution in [0.3, 0.4) is 0 Å². The second kappa shape index (κ2) is 5.93. The topological polar surface area (TPSA) is 198 Å². The summed E-state index contributed by atoms with van der Waals surface area (Å²) in [6.07, 6.45) is -4.56. The minimum atomic E-state index is -4.77. The standard InChI is InChI=1S/C9H14N3O9P/c10-7-4(9(15)16)11-2-12(7)8-6(14)5(13)3(21-8)1-20-22(17,18)19/h2-3,5-6,8,13-14H,1,10H2,(H,15,16)(H2,17,18,19)/t3-,5+,6+,8-/m1/s1. The predicted molar refractivity (Wildman–Crippen MR) is 67.5 cm³/mol. The lowest BCUT2D eigenvalue weighted by Gasteiger charge is -2.17. The molecule has 1 aromatic heterocycles. The van der Waals surface area contributed by atoms with Gasteiger partial charge in [0.25, 0.3) is 0 Å². The van der Waals surface area contributed by atoms with Crippen LogP contribution in [0.1, 0.15) is 16.7 Å². The summed E-state index contributed by atoms with van der Waals surface area (Å²) in [4.78, 5) is 31.6. The number of nitrogens with two attached hydrogens (primary N) is 1. The summed E-state index contributed by atoms with van der Waals surface area (Å²) in [7, 11) is -4.77. The van der Waals surface area contributed by atoms with E-state index >= 15 is 0 Å². The maximum Gasteiger partial charge on any atom is 0.469 e. The maximum atomic E-state index is 10.9. The Morgan fingerprint density at radius 3 is 2.59 bits per heavy atom. The third-order valence-electron chi connectivity index (χ3n) is 3.05. The molecule has 7 N–H and O–H groups in total. The fourth-order valence-corrected chi connectivity index (χ4v) is 2.35. The fourth-order valence-electron chi connectivity index (χ4n) is 2.01. The monoisotopic (exact) mass is 339 g/mol. The van der Waals surface area contributed by atoms with Gasteiger partial charge in [-0.2, -0.15) is 0 Å². The van der Waals surface area contributed by atoms with Crippen molar-refractivity contribution in [1.82, 2.24) is 9.55 Å². The first-order valence-corrected chi connectivity index (χ1v) is 7.42. The van der Waals surface area contributed by atoms with E-state index in [1.165, 1.54) is 0 Å². The third kappa shape index (κ3) is 3.28. The molecular formula is C9H14N3O9P. The summed E-state index contributed by atoms with van der Waals surface area (Å²) >= 11 is 0. The van der Waals surface area contributed by atoms with E-state index in [1.807, 2.05) is 0 Å². The summed E-state index contributed by atoms with van der Waals surface area (Å²) < 4.78 is 21.1. The summed E-state index contributed by atoms with van der Waals surface area (Å²) in [5.41, 5.74) is 5.11. The highest BCUT2D eigenvalue weighted by molar-refractivity contribution is 7.46. The first kappa shape index (κ1) is 16.8. The molecule has 1 aromatic rings. The van der Waals surface area contributed by atoms with Crippen LogP contribution in [0.5, 0.6) is 0 Å². The van der Waals surface area contributed by atoms with Gasteiger partial charge in [0.05, 0.1) is 12.9 Å². The Hall–Kier alpha value is -1.53. The molecule has 2 rings (SSSR count). The lowest BCUT2D eigenvalue weighted by molar-refractivity contribution is -0.0511. The number of aromatic nitrogens is 2. The van der Waals surface area contributed by atoms with Gasteiger partial charge in [-0.05, 0) is 0 Å². The summed E-state index contributed by atoms with van der Waals surface area (Å²) in [5.74, 6) is -1.69. The van der Waals surface area contributed by atoms with Gasteiger partial charge in [-0.25, -0.2) is 14.3 Å². The number of carbonyl (C=O) groups is 1. The molecule has 2 heterocycles. The van der Waals surface area contributed by atoms with Gasteiger partial charge < -0.3 is 35.6 Å². The number of ether oxygens (including phenoxy) is 1. The van der Waals surface area contributed by atoms with Gasteiger partial charge in [-0.1, -0.05) is 0 Å². The number of rotatable bonds is 5. The number of aliphatic hydroxyl groups is 2. The Morgan fingerprint density at radius 1 is 1.45 bits per heavy atom. The molecule has 0 amide bonds. The van der Waals surface area contributed by atoms with Gasteiger partial charge in [-0.3, -0.25) is 9.09 Å². The molecule has 4 atom stereocenters. The van der Waals surface area contributed by atoms with Crippen LogP contribution in [0, 0.1) is 0 Å². The van der Waals surface area contributed by atoms with Crippen LogP contribution >= 0.6 is 7.82 Å². The maximum absolute atomic E-state index is 10.9. The van der Waals surface area contributed by atoms with E-state index in [1.54, 1.807) is 0 Å². The normalized spacial score (nSPS) is 28.9. The molecule has 1 aliphatic rings. The highest BCUT2D eigenvalue weighted by Crippen LogP contribution is 2.38. The molecule has 0 radical (unpaired) electrons. The van der Waals surface area contributed by atoms with E-state index in [2.05, 4.69) is 9.51 Å². The number of aliphatic hydroxyl groups excluding tert-OH is 2. The van der Waals surface area contributed by atoms with Gasteiger partial charge in [0, 0.05) is 0 Å². The highest BCUT2D eigenvalue weighted by atomic mass is 31.2. The molecule has 0 aliphatic carbocycles. The Labute approximate surface area is 123 Å². The SMILES string of the molecule is Nc1c(C(=O)O)ncn1[C@@H]1O[C@H](COP(=O)(O)O)[C@H](O)[C@@H]1O. The molecule has 0 bridgehead atoms. The highest BCUT2D eigenvalue weighted by Gasteiger charge is 2.45. The van der Waals surface area contributed by atoms with E-state index in [-0.39, 0.29) is 5.82 Å². The second-order valence-electron chi connectivity index (χ2n) is 4.52. The zero-order valence-corrected chi connectivity index (χ0v) is 11.8. The van der Waals surface area contributed by atoms with Gasteiger partial charge in [0.2, 0.25) is 0 Å². The quantitative estimate of drug-likeness (QED) is 0.321. The zero-order valence-electron chi connectivity index (χ0n) is 10.9. The Morgan fingerprint density at radius 2 is 2.09 bits per heavy atom. The van der Waals surface area contributed by atoms with Crippen molar-refractivity contribution in [1.29, 1.82) is 0 Å². The van der Waals surface area contributed by atoms with Crippen molar-refractivity contribution >= 4 is 19.6 Å². The summed E-state index contributed by atoms with van der Waals surface area (Å²) in [5, 5.41) is 28.6. The van der Waals surface area contributed by atoms with Crippen LogP contribution in [-0.4, -0.2) is 65.5 Å². The van der Waals surface area contributed by atoms with Crippen LogP contribution in [0.15, 0.2) is 6.33 Å². The molecule has 1 saturated heterocycles. The predicted octanol–water partition coefficient (Wildman–Crippen LogP) is -2.11. The van der Waals surface area contributed by atoms with E-state index in [0.717, 1.165) is 10.9 Å². The van der Waals surface area contributed by atoms with Gasteiger partial charge in [0.1, 0.15) is 24.1 Å². The Bertz CT molecular complexity index is 613. The average molecular weight is 339 g/mol. The number of nitrogens with zero attached hydrogens (tertiary/aromatic N) is 2. The van der Waals surface area contributed by atoms with Crippen molar-refractivity contribution in [3.8, 4) is 0 Å². The molecule has 0 aromatic carbocycles. The van der Waals surface area contributed by atoms with Crippen molar-refractivity contribution in [2.45, 2.75) is 24.5 Å². The van der Waals surface area contributed by atoms with E-state index in [9.17, 15) is 19.6 Å². The smallest absolute Gasteiger partial charge is 0.469 e. The molecule has 124 valence electrons. The lowest BCUT2D eigenvalue weighted by atomic mass is 10.1. The number of imidazole rings is 1. The number of hydrogen-bond donors (Lipinski definition) is 6. The van der Waals surface area contributed by atoms with Crippen LogP contribution in [0.2, 0.25) is 0 Å². The number of carboxylic acid groups (broad SMARTS) is 1. The summed E-state index contributed by atoms with van der Waals surface area (Å²) in [6, 6.07) is 0. The number of phosphoric acid groups is 1. The van der Waals surface area contributed by atoms with Gasteiger partial charge >= 0.3 is 13.8 Å². The second-order valence-corrected chi connectivity index (χ2v) is 5.76. The van der Waals surface area contributed by atoms with E-state index < -0.39 is 50.6 Å². The van der Waals surface area contributed by atoms with Gasteiger partial charge in [0.15, 0.2) is 11.9 Å². The van der Waals surface area contributed by atoms with E-state index in [0.29, 0.717) is 0 Å². The van der Waals surface area contributed by atoms with Crippen molar-refractivity contribution in [2.75, 3.05) is 12.3 Å². The molecule has 0 unspecified atom stereocenters. The third-order valence-corrected chi connectivity index (χ3v) is 3.54. The molecule has 22 heavy (non-hydrogen) atoms. The largest absolute Gasteiger partial charge is 0.476 e. The minimum Gasteiger partial charge on any atom is -0.476 e. The van der Waals surface area contributed by atoms with Crippen LogP contribution in [0.4, 0.5) is 5.82 Å². The van der Waals surface area contributed by atoms with Gasteiger partial charge in [-0.15, -0.1) is 0 Å².